The summed E-state index contributed by atoms with van der Waals surface area (Å²) < 4.78 is 0. The molecule has 96 valence electrons. The molecule has 0 amide bonds. The fourth-order valence-electron chi connectivity index (χ4n) is 1.95. The van der Waals surface area contributed by atoms with Crippen molar-refractivity contribution in [2.45, 2.75) is 51.9 Å². The van der Waals surface area contributed by atoms with E-state index >= 15 is 0 Å². The van der Waals surface area contributed by atoms with E-state index in [2.05, 4.69) is 49.4 Å². The van der Waals surface area contributed by atoms with Gasteiger partial charge in [-0.1, -0.05) is 56.2 Å². The van der Waals surface area contributed by atoms with Gasteiger partial charge in [0.15, 0.2) is 0 Å². The van der Waals surface area contributed by atoms with Gasteiger partial charge in [0.25, 0.3) is 0 Å². The molecule has 0 aromatic heterocycles. The SMILES string of the molecule is CCCc1ccc(/C=C/CCCCCC#N)cc1. The lowest BCUT2D eigenvalue weighted by Crippen LogP contribution is -1.82. The van der Waals surface area contributed by atoms with Crippen molar-refractivity contribution in [1.82, 2.24) is 0 Å². The Kier molecular flexibility index (Phi) is 7.64. The summed E-state index contributed by atoms with van der Waals surface area (Å²) in [6.45, 7) is 2.21. The van der Waals surface area contributed by atoms with Crippen molar-refractivity contribution in [2.75, 3.05) is 0 Å². The number of nitriles is 1. The maximum atomic E-state index is 8.41. The van der Waals surface area contributed by atoms with Gasteiger partial charge in [-0.15, -0.1) is 0 Å². The molecule has 1 heteroatoms. The molecule has 0 heterocycles. The minimum absolute atomic E-state index is 0.697. The summed E-state index contributed by atoms with van der Waals surface area (Å²) in [6, 6.07) is 11.0. The lowest BCUT2D eigenvalue weighted by molar-refractivity contribution is 0.700. The molecular formula is C17H23N. The highest BCUT2D eigenvalue weighted by molar-refractivity contribution is 5.49. The summed E-state index contributed by atoms with van der Waals surface area (Å²) in [7, 11) is 0. The van der Waals surface area contributed by atoms with Gasteiger partial charge in [0, 0.05) is 6.42 Å². The first-order chi connectivity index (χ1) is 8.86. The summed E-state index contributed by atoms with van der Waals surface area (Å²) >= 11 is 0. The van der Waals surface area contributed by atoms with Gasteiger partial charge in [0.05, 0.1) is 6.07 Å². The summed E-state index contributed by atoms with van der Waals surface area (Å²) in [6.07, 6.45) is 12.0. The third-order valence-electron chi connectivity index (χ3n) is 2.99. The van der Waals surface area contributed by atoms with Gasteiger partial charge in [-0.25, -0.2) is 0 Å². The third kappa shape index (κ3) is 6.25. The number of allylic oxidation sites excluding steroid dienone is 1. The van der Waals surface area contributed by atoms with E-state index in [0.717, 1.165) is 19.3 Å². The summed E-state index contributed by atoms with van der Waals surface area (Å²) in [5, 5.41) is 8.41. The normalized spacial score (nSPS) is 10.7. The number of nitrogens with zero attached hydrogens (tertiary/aromatic N) is 1. The highest BCUT2D eigenvalue weighted by Crippen LogP contribution is 2.10. The predicted molar refractivity (Wildman–Crippen MR) is 78.2 cm³/mol. The number of benzene rings is 1. The van der Waals surface area contributed by atoms with Crippen molar-refractivity contribution in [3.05, 3.63) is 41.5 Å². The van der Waals surface area contributed by atoms with Crippen LogP contribution in [0.3, 0.4) is 0 Å². The molecule has 0 atom stereocenters. The first-order valence-corrected chi connectivity index (χ1v) is 6.99. The molecule has 1 nitrogen and oxygen atoms in total. The second-order valence-corrected chi connectivity index (χ2v) is 4.65. The summed E-state index contributed by atoms with van der Waals surface area (Å²) in [4.78, 5) is 0. The molecule has 0 bridgehead atoms. The van der Waals surface area contributed by atoms with E-state index in [1.54, 1.807) is 0 Å². The highest BCUT2D eigenvalue weighted by Gasteiger charge is 1.91. The zero-order chi connectivity index (χ0) is 13.1. The molecule has 0 fully saturated rings. The number of hydrogen-bond donors (Lipinski definition) is 0. The Morgan fingerprint density at radius 3 is 2.56 bits per heavy atom. The van der Waals surface area contributed by atoms with Crippen molar-refractivity contribution >= 4 is 6.08 Å². The molecule has 0 N–H and O–H groups in total. The van der Waals surface area contributed by atoms with E-state index in [1.807, 2.05) is 0 Å². The van der Waals surface area contributed by atoms with Gasteiger partial charge in [0.1, 0.15) is 0 Å². The number of aryl methyl sites for hydroxylation is 1. The van der Waals surface area contributed by atoms with Gasteiger partial charge in [-0.05, 0) is 36.8 Å². The van der Waals surface area contributed by atoms with Gasteiger partial charge >= 0.3 is 0 Å². The summed E-state index contributed by atoms with van der Waals surface area (Å²) in [5.41, 5.74) is 2.71. The number of unbranched alkanes of at least 4 members (excludes halogenated alkanes) is 4. The summed E-state index contributed by atoms with van der Waals surface area (Å²) in [5.74, 6) is 0. The largest absolute Gasteiger partial charge is 0.198 e. The average molecular weight is 241 g/mol. The molecule has 0 aliphatic heterocycles. The quantitative estimate of drug-likeness (QED) is 0.579. The van der Waals surface area contributed by atoms with Crippen LogP contribution in [0.1, 0.15) is 56.6 Å². The highest BCUT2D eigenvalue weighted by atomic mass is 14.2. The Labute approximate surface area is 111 Å². The van der Waals surface area contributed by atoms with Crippen LogP contribution in [0.15, 0.2) is 30.3 Å². The Hall–Kier alpha value is -1.55. The zero-order valence-electron chi connectivity index (χ0n) is 11.4. The maximum Gasteiger partial charge on any atom is 0.0621 e. The van der Waals surface area contributed by atoms with Crippen molar-refractivity contribution in [2.24, 2.45) is 0 Å². The van der Waals surface area contributed by atoms with Crippen molar-refractivity contribution in [1.29, 1.82) is 5.26 Å². The first-order valence-electron chi connectivity index (χ1n) is 6.99. The van der Waals surface area contributed by atoms with E-state index in [1.165, 1.54) is 30.4 Å². The van der Waals surface area contributed by atoms with Crippen molar-refractivity contribution in [3.63, 3.8) is 0 Å². The molecule has 0 saturated carbocycles. The average Bonchev–Trinajstić information content (AvgIpc) is 2.40. The Morgan fingerprint density at radius 1 is 1.11 bits per heavy atom. The minimum Gasteiger partial charge on any atom is -0.198 e. The van der Waals surface area contributed by atoms with Crippen LogP contribution in [-0.4, -0.2) is 0 Å². The fourth-order valence-corrected chi connectivity index (χ4v) is 1.95. The van der Waals surface area contributed by atoms with Crippen molar-refractivity contribution < 1.29 is 0 Å². The molecule has 0 radical (unpaired) electrons. The Balaban J connectivity index is 2.23. The predicted octanol–water partition coefficient (Wildman–Crippen LogP) is 5.13. The molecule has 0 spiro atoms. The Morgan fingerprint density at radius 2 is 1.89 bits per heavy atom. The van der Waals surface area contributed by atoms with Crippen LogP contribution in [0, 0.1) is 11.3 Å². The second-order valence-electron chi connectivity index (χ2n) is 4.65. The van der Waals surface area contributed by atoms with E-state index in [4.69, 9.17) is 5.26 Å². The number of rotatable bonds is 8. The van der Waals surface area contributed by atoms with Gasteiger partial charge < -0.3 is 0 Å². The van der Waals surface area contributed by atoms with Gasteiger partial charge in [-0.2, -0.15) is 5.26 Å². The van der Waals surface area contributed by atoms with E-state index < -0.39 is 0 Å². The molecule has 0 unspecified atom stereocenters. The molecular weight excluding hydrogens is 218 g/mol. The first kappa shape index (κ1) is 14.5. The molecule has 1 aromatic rings. The minimum atomic E-state index is 0.697. The van der Waals surface area contributed by atoms with Crippen LogP contribution in [0.25, 0.3) is 6.08 Å². The fraction of sp³-hybridized carbons (Fsp3) is 0.471. The monoisotopic (exact) mass is 241 g/mol. The lowest BCUT2D eigenvalue weighted by Gasteiger charge is -1.99. The molecule has 0 saturated heterocycles. The molecule has 18 heavy (non-hydrogen) atoms. The van der Waals surface area contributed by atoms with E-state index in [9.17, 15) is 0 Å². The van der Waals surface area contributed by atoms with Crippen molar-refractivity contribution in [3.8, 4) is 6.07 Å². The number of hydrogen-bond acceptors (Lipinski definition) is 1. The van der Waals surface area contributed by atoms with E-state index in [-0.39, 0.29) is 0 Å². The lowest BCUT2D eigenvalue weighted by atomic mass is 10.1. The van der Waals surface area contributed by atoms with E-state index in [0.29, 0.717) is 6.42 Å². The maximum absolute atomic E-state index is 8.41. The van der Waals surface area contributed by atoms with Crippen LogP contribution in [0.4, 0.5) is 0 Å². The topological polar surface area (TPSA) is 23.8 Å². The standard InChI is InChI=1S/C17H23N/c1-2-9-16-11-13-17(14-12-16)10-7-5-3-4-6-8-15-18/h7,10-14H,2-6,8-9H2,1H3/b10-7+. The van der Waals surface area contributed by atoms with Gasteiger partial charge in [-0.3, -0.25) is 0 Å². The molecule has 1 aromatic carbocycles. The van der Waals surface area contributed by atoms with Crippen LogP contribution in [0.2, 0.25) is 0 Å². The molecule has 0 aliphatic carbocycles. The third-order valence-corrected chi connectivity index (χ3v) is 2.99. The van der Waals surface area contributed by atoms with Gasteiger partial charge in [0.2, 0.25) is 0 Å². The smallest absolute Gasteiger partial charge is 0.0621 e. The van der Waals surface area contributed by atoms with Crippen LogP contribution >= 0.6 is 0 Å². The Bertz CT molecular complexity index is 381. The second kappa shape index (κ2) is 9.48. The van der Waals surface area contributed by atoms with Crippen LogP contribution in [-0.2, 0) is 6.42 Å². The van der Waals surface area contributed by atoms with Crippen LogP contribution in [0.5, 0.6) is 0 Å². The molecule has 1 rings (SSSR count). The van der Waals surface area contributed by atoms with Crippen LogP contribution < -0.4 is 0 Å². The zero-order valence-corrected chi connectivity index (χ0v) is 11.4. The molecule has 0 aliphatic rings.